The fourth-order valence-corrected chi connectivity index (χ4v) is 2.44. The Morgan fingerprint density at radius 1 is 1.35 bits per heavy atom. The predicted octanol–water partition coefficient (Wildman–Crippen LogP) is 2.13. The molecule has 1 aliphatic rings. The van der Waals surface area contributed by atoms with Gasteiger partial charge in [0.15, 0.2) is 0 Å². The number of carbonyl (C=O) groups is 1. The highest BCUT2D eigenvalue weighted by Crippen LogP contribution is 2.23. The summed E-state index contributed by atoms with van der Waals surface area (Å²) in [6, 6.07) is 3.96. The summed E-state index contributed by atoms with van der Waals surface area (Å²) in [6.45, 7) is 4.01. The summed E-state index contributed by atoms with van der Waals surface area (Å²) in [5.74, 6) is -0.394. The molecule has 1 heterocycles. The van der Waals surface area contributed by atoms with Gasteiger partial charge in [-0.15, -0.1) is 0 Å². The van der Waals surface area contributed by atoms with Gasteiger partial charge in [0, 0.05) is 31.3 Å². The van der Waals surface area contributed by atoms with Crippen LogP contribution in [-0.4, -0.2) is 46.8 Å². The lowest BCUT2D eigenvalue weighted by Gasteiger charge is -2.32. The quantitative estimate of drug-likeness (QED) is 0.885. The number of ether oxygens (including phenoxy) is 1. The molecule has 1 saturated heterocycles. The van der Waals surface area contributed by atoms with Crippen LogP contribution >= 0.6 is 0 Å². The van der Waals surface area contributed by atoms with E-state index in [9.17, 15) is 15.0 Å². The van der Waals surface area contributed by atoms with Crippen molar-refractivity contribution in [2.75, 3.05) is 19.7 Å². The standard InChI is InChI=1S/C15H21NO4/c1-2-6-20-14-4-3-5-16(10-14)15(19)11-7-12(17)9-13(18)8-11/h7-9,14,17-18H,2-6,10H2,1H3. The first kappa shape index (κ1) is 14.7. The Morgan fingerprint density at radius 2 is 2.05 bits per heavy atom. The van der Waals surface area contributed by atoms with Gasteiger partial charge in [-0.25, -0.2) is 0 Å². The number of aromatic hydroxyl groups is 2. The van der Waals surface area contributed by atoms with Gasteiger partial charge >= 0.3 is 0 Å². The summed E-state index contributed by atoms with van der Waals surface area (Å²) in [5.41, 5.74) is 0.304. The average molecular weight is 279 g/mol. The minimum Gasteiger partial charge on any atom is -0.508 e. The fraction of sp³-hybridized carbons (Fsp3) is 0.533. The number of benzene rings is 1. The lowest BCUT2D eigenvalue weighted by atomic mass is 10.1. The molecular formula is C15H21NO4. The molecule has 5 heteroatoms. The van der Waals surface area contributed by atoms with Gasteiger partial charge in [0.2, 0.25) is 0 Å². The first-order valence-corrected chi connectivity index (χ1v) is 7.04. The van der Waals surface area contributed by atoms with Gasteiger partial charge in [0.25, 0.3) is 5.91 Å². The molecule has 1 amide bonds. The Morgan fingerprint density at radius 3 is 2.70 bits per heavy atom. The van der Waals surface area contributed by atoms with Crippen molar-refractivity contribution in [1.29, 1.82) is 0 Å². The Hall–Kier alpha value is -1.75. The first-order valence-electron chi connectivity index (χ1n) is 7.04. The third-order valence-electron chi connectivity index (χ3n) is 3.37. The number of phenols is 2. The summed E-state index contributed by atoms with van der Waals surface area (Å²) in [7, 11) is 0. The van der Waals surface area contributed by atoms with E-state index < -0.39 is 0 Å². The average Bonchev–Trinajstić information content (AvgIpc) is 2.43. The first-order chi connectivity index (χ1) is 9.60. The molecule has 0 aromatic heterocycles. The van der Waals surface area contributed by atoms with E-state index in [0.29, 0.717) is 25.3 Å². The van der Waals surface area contributed by atoms with Crippen molar-refractivity contribution in [1.82, 2.24) is 4.90 Å². The molecule has 1 aromatic rings. The van der Waals surface area contributed by atoms with Crippen LogP contribution < -0.4 is 0 Å². The third-order valence-corrected chi connectivity index (χ3v) is 3.37. The van der Waals surface area contributed by atoms with E-state index in [1.165, 1.54) is 18.2 Å². The van der Waals surface area contributed by atoms with Gasteiger partial charge in [-0.3, -0.25) is 4.79 Å². The van der Waals surface area contributed by atoms with E-state index in [1.54, 1.807) is 4.90 Å². The lowest BCUT2D eigenvalue weighted by Crippen LogP contribution is -2.43. The SMILES string of the molecule is CCCOC1CCCN(C(=O)c2cc(O)cc(O)c2)C1. The van der Waals surface area contributed by atoms with Crippen LogP contribution in [0.2, 0.25) is 0 Å². The van der Waals surface area contributed by atoms with E-state index >= 15 is 0 Å². The number of piperidine rings is 1. The van der Waals surface area contributed by atoms with E-state index in [-0.39, 0.29) is 23.5 Å². The van der Waals surface area contributed by atoms with Crippen LogP contribution in [0.3, 0.4) is 0 Å². The van der Waals surface area contributed by atoms with Gasteiger partial charge in [-0.1, -0.05) is 6.92 Å². The number of likely N-dealkylation sites (tertiary alicyclic amines) is 1. The molecule has 0 radical (unpaired) electrons. The number of phenolic OH excluding ortho intramolecular Hbond substituents is 2. The van der Waals surface area contributed by atoms with Crippen molar-refractivity contribution in [3.63, 3.8) is 0 Å². The summed E-state index contributed by atoms with van der Waals surface area (Å²) >= 11 is 0. The van der Waals surface area contributed by atoms with Crippen molar-refractivity contribution in [2.45, 2.75) is 32.3 Å². The molecule has 5 nitrogen and oxygen atoms in total. The van der Waals surface area contributed by atoms with Crippen molar-refractivity contribution >= 4 is 5.91 Å². The molecule has 1 atom stereocenters. The van der Waals surface area contributed by atoms with Crippen molar-refractivity contribution in [2.24, 2.45) is 0 Å². The summed E-state index contributed by atoms with van der Waals surface area (Å²) in [5, 5.41) is 18.9. The maximum absolute atomic E-state index is 12.4. The largest absolute Gasteiger partial charge is 0.508 e. The smallest absolute Gasteiger partial charge is 0.254 e. The Bertz CT molecular complexity index is 455. The monoisotopic (exact) mass is 279 g/mol. The topological polar surface area (TPSA) is 70.0 Å². The van der Waals surface area contributed by atoms with Gasteiger partial charge in [-0.05, 0) is 31.4 Å². The molecule has 1 fully saturated rings. The summed E-state index contributed by atoms with van der Waals surface area (Å²) in [4.78, 5) is 14.1. The zero-order valence-corrected chi connectivity index (χ0v) is 11.7. The molecule has 0 saturated carbocycles. The molecule has 20 heavy (non-hydrogen) atoms. The van der Waals surface area contributed by atoms with Crippen LogP contribution in [0, 0.1) is 0 Å². The molecule has 110 valence electrons. The van der Waals surface area contributed by atoms with Crippen LogP contribution in [0.15, 0.2) is 18.2 Å². The van der Waals surface area contributed by atoms with Gasteiger partial charge in [0.1, 0.15) is 11.5 Å². The Kier molecular flexibility index (Phi) is 4.84. The fourth-order valence-electron chi connectivity index (χ4n) is 2.44. The second-order valence-corrected chi connectivity index (χ2v) is 5.12. The van der Waals surface area contributed by atoms with Crippen LogP contribution in [0.5, 0.6) is 11.5 Å². The molecule has 1 aliphatic heterocycles. The molecular weight excluding hydrogens is 258 g/mol. The zero-order chi connectivity index (χ0) is 14.5. The third kappa shape index (κ3) is 3.63. The van der Waals surface area contributed by atoms with Crippen LogP contribution in [0.25, 0.3) is 0 Å². The summed E-state index contributed by atoms with van der Waals surface area (Å²) in [6.07, 6.45) is 2.92. The lowest BCUT2D eigenvalue weighted by molar-refractivity contribution is 0.00210. The van der Waals surface area contributed by atoms with E-state index in [1.807, 2.05) is 0 Å². The minimum atomic E-state index is -0.180. The molecule has 1 unspecified atom stereocenters. The van der Waals surface area contributed by atoms with Crippen molar-refractivity contribution in [3.05, 3.63) is 23.8 Å². The minimum absolute atomic E-state index is 0.0820. The van der Waals surface area contributed by atoms with Crippen molar-refractivity contribution < 1.29 is 19.7 Å². The van der Waals surface area contributed by atoms with E-state index in [0.717, 1.165) is 19.3 Å². The zero-order valence-electron chi connectivity index (χ0n) is 11.7. The maximum Gasteiger partial charge on any atom is 0.254 e. The number of rotatable bonds is 4. The number of hydrogen-bond acceptors (Lipinski definition) is 4. The van der Waals surface area contributed by atoms with Crippen molar-refractivity contribution in [3.8, 4) is 11.5 Å². The normalized spacial score (nSPS) is 19.1. The van der Waals surface area contributed by atoms with Gasteiger partial charge in [0.05, 0.1) is 6.10 Å². The van der Waals surface area contributed by atoms with Gasteiger partial charge < -0.3 is 19.8 Å². The van der Waals surface area contributed by atoms with Crippen LogP contribution in [0.4, 0.5) is 0 Å². The highest BCUT2D eigenvalue weighted by molar-refractivity contribution is 5.95. The molecule has 0 spiro atoms. The number of hydrogen-bond donors (Lipinski definition) is 2. The van der Waals surface area contributed by atoms with Gasteiger partial charge in [-0.2, -0.15) is 0 Å². The number of carbonyl (C=O) groups excluding carboxylic acids is 1. The number of nitrogens with zero attached hydrogens (tertiary/aromatic N) is 1. The highest BCUT2D eigenvalue weighted by Gasteiger charge is 2.25. The Labute approximate surface area is 118 Å². The van der Waals surface area contributed by atoms with E-state index in [4.69, 9.17) is 4.74 Å². The molecule has 2 N–H and O–H groups in total. The second kappa shape index (κ2) is 6.61. The Balaban J connectivity index is 2.04. The second-order valence-electron chi connectivity index (χ2n) is 5.12. The molecule has 2 rings (SSSR count). The van der Waals surface area contributed by atoms with Crippen LogP contribution in [-0.2, 0) is 4.74 Å². The molecule has 1 aromatic carbocycles. The summed E-state index contributed by atoms with van der Waals surface area (Å²) < 4.78 is 5.70. The maximum atomic E-state index is 12.4. The van der Waals surface area contributed by atoms with E-state index in [2.05, 4.69) is 6.92 Å². The highest BCUT2D eigenvalue weighted by atomic mass is 16.5. The number of amides is 1. The molecule has 0 bridgehead atoms. The van der Waals surface area contributed by atoms with Crippen LogP contribution in [0.1, 0.15) is 36.5 Å². The predicted molar refractivity (Wildman–Crippen MR) is 74.9 cm³/mol. The molecule has 0 aliphatic carbocycles.